The van der Waals surface area contributed by atoms with Crippen LogP contribution in [-0.4, -0.2) is 23.5 Å². The van der Waals surface area contributed by atoms with Gasteiger partial charge in [0, 0.05) is 11.1 Å². The predicted molar refractivity (Wildman–Crippen MR) is 115 cm³/mol. The summed E-state index contributed by atoms with van der Waals surface area (Å²) >= 11 is 5.57. The number of carbonyl (C=O) groups excluding carboxylic acids is 2. The number of nitrogens with zero attached hydrogens (tertiary/aromatic N) is 1. The number of esters is 1. The molecule has 0 saturated carbocycles. The van der Waals surface area contributed by atoms with Gasteiger partial charge in [0.2, 0.25) is 0 Å². The fourth-order valence-corrected chi connectivity index (χ4v) is 3.35. The SMILES string of the molecule is O=C(COC(=O)c1cc(-c2ccco2)nc2ccccc12)Nc1ccc(Cl)c(C(F)(F)F)c1. The van der Waals surface area contributed by atoms with E-state index >= 15 is 0 Å². The first-order valence-electron chi connectivity index (χ1n) is 9.50. The number of anilines is 1. The first-order valence-corrected chi connectivity index (χ1v) is 9.87. The molecule has 2 aromatic carbocycles. The Balaban J connectivity index is 1.51. The summed E-state index contributed by atoms with van der Waals surface area (Å²) in [5.41, 5.74) is -0.153. The van der Waals surface area contributed by atoms with Gasteiger partial charge in [-0.2, -0.15) is 13.2 Å². The first-order chi connectivity index (χ1) is 15.7. The smallest absolute Gasteiger partial charge is 0.417 e. The number of furan rings is 1. The van der Waals surface area contributed by atoms with E-state index in [9.17, 15) is 22.8 Å². The van der Waals surface area contributed by atoms with Gasteiger partial charge in [-0.05, 0) is 42.5 Å². The third kappa shape index (κ3) is 4.98. The number of para-hydroxylation sites is 1. The van der Waals surface area contributed by atoms with Crippen molar-refractivity contribution in [3.8, 4) is 11.5 Å². The number of ether oxygens (including phenoxy) is 1. The number of aromatic nitrogens is 1. The zero-order valence-electron chi connectivity index (χ0n) is 16.7. The molecule has 0 spiro atoms. The second kappa shape index (κ2) is 8.95. The molecule has 0 atom stereocenters. The molecule has 33 heavy (non-hydrogen) atoms. The van der Waals surface area contributed by atoms with E-state index in [4.69, 9.17) is 20.8 Å². The molecule has 0 aliphatic carbocycles. The van der Waals surface area contributed by atoms with Crippen LogP contribution in [0.1, 0.15) is 15.9 Å². The van der Waals surface area contributed by atoms with Gasteiger partial charge >= 0.3 is 12.1 Å². The van der Waals surface area contributed by atoms with Crippen LogP contribution in [0.4, 0.5) is 18.9 Å². The molecular weight excluding hydrogens is 461 g/mol. The Bertz CT molecular complexity index is 1340. The maximum atomic E-state index is 13.0. The monoisotopic (exact) mass is 474 g/mol. The lowest BCUT2D eigenvalue weighted by Gasteiger charge is -2.12. The Morgan fingerprint density at radius 3 is 2.58 bits per heavy atom. The number of nitrogens with one attached hydrogen (secondary N) is 1. The number of benzene rings is 2. The minimum atomic E-state index is -4.68. The first kappa shape index (κ1) is 22.3. The lowest BCUT2D eigenvalue weighted by atomic mass is 10.1. The Hall–Kier alpha value is -3.85. The number of rotatable bonds is 5. The number of halogens is 4. The summed E-state index contributed by atoms with van der Waals surface area (Å²) in [7, 11) is 0. The zero-order chi connectivity index (χ0) is 23.6. The number of hydrogen-bond donors (Lipinski definition) is 1. The van der Waals surface area contributed by atoms with Gasteiger partial charge in [0.1, 0.15) is 5.69 Å². The summed E-state index contributed by atoms with van der Waals surface area (Å²) in [6.07, 6.45) is -3.21. The van der Waals surface area contributed by atoms with E-state index in [0.717, 1.165) is 6.07 Å². The van der Waals surface area contributed by atoms with Crippen molar-refractivity contribution in [2.24, 2.45) is 0 Å². The van der Waals surface area contributed by atoms with Crippen LogP contribution in [0.2, 0.25) is 5.02 Å². The maximum Gasteiger partial charge on any atom is 0.417 e. The highest BCUT2D eigenvalue weighted by atomic mass is 35.5. The average Bonchev–Trinajstić information content (AvgIpc) is 3.32. The minimum Gasteiger partial charge on any atom is -0.463 e. The summed E-state index contributed by atoms with van der Waals surface area (Å²) in [5, 5.41) is 2.27. The third-order valence-electron chi connectivity index (χ3n) is 4.60. The topological polar surface area (TPSA) is 81.4 Å². The molecule has 1 N–H and O–H groups in total. The molecule has 1 amide bonds. The van der Waals surface area contributed by atoms with Crippen molar-refractivity contribution >= 4 is 40.1 Å². The highest BCUT2D eigenvalue weighted by molar-refractivity contribution is 6.31. The van der Waals surface area contributed by atoms with Gasteiger partial charge in [0.15, 0.2) is 12.4 Å². The van der Waals surface area contributed by atoms with Gasteiger partial charge in [0.25, 0.3) is 5.91 Å². The average molecular weight is 475 g/mol. The van der Waals surface area contributed by atoms with Gasteiger partial charge in [-0.1, -0.05) is 29.8 Å². The highest BCUT2D eigenvalue weighted by Crippen LogP contribution is 2.36. The van der Waals surface area contributed by atoms with Crippen molar-refractivity contribution in [3.05, 3.63) is 83.1 Å². The number of amides is 1. The minimum absolute atomic E-state index is 0.137. The number of pyridine rings is 1. The fraction of sp³-hybridized carbons (Fsp3) is 0.0870. The second-order valence-corrected chi connectivity index (χ2v) is 7.27. The van der Waals surface area contributed by atoms with E-state index in [0.29, 0.717) is 28.4 Å². The van der Waals surface area contributed by atoms with Gasteiger partial charge < -0.3 is 14.5 Å². The zero-order valence-corrected chi connectivity index (χ0v) is 17.4. The molecule has 6 nitrogen and oxygen atoms in total. The van der Waals surface area contributed by atoms with E-state index in [2.05, 4.69) is 10.3 Å². The molecule has 0 aliphatic rings. The normalized spacial score (nSPS) is 11.4. The molecule has 0 unspecified atom stereocenters. The molecule has 0 aliphatic heterocycles. The maximum absolute atomic E-state index is 13.0. The van der Waals surface area contributed by atoms with Crippen LogP contribution in [0.3, 0.4) is 0 Å². The van der Waals surface area contributed by atoms with Crippen LogP contribution in [0.5, 0.6) is 0 Å². The van der Waals surface area contributed by atoms with E-state index in [-0.39, 0.29) is 11.3 Å². The quantitative estimate of drug-likeness (QED) is 0.361. The van der Waals surface area contributed by atoms with Crippen molar-refractivity contribution < 1.29 is 31.9 Å². The van der Waals surface area contributed by atoms with Gasteiger partial charge in [-0.25, -0.2) is 9.78 Å². The van der Waals surface area contributed by atoms with Gasteiger partial charge in [-0.3, -0.25) is 4.79 Å². The van der Waals surface area contributed by atoms with Crippen molar-refractivity contribution in [2.45, 2.75) is 6.18 Å². The van der Waals surface area contributed by atoms with Crippen molar-refractivity contribution in [1.82, 2.24) is 4.98 Å². The fourth-order valence-electron chi connectivity index (χ4n) is 3.12. The largest absolute Gasteiger partial charge is 0.463 e. The number of hydrogen-bond acceptors (Lipinski definition) is 5. The molecule has 168 valence electrons. The Labute approximate surface area is 189 Å². The predicted octanol–water partition coefficient (Wildman–Crippen LogP) is 5.96. The Morgan fingerprint density at radius 1 is 1.06 bits per heavy atom. The molecule has 4 aromatic rings. The Morgan fingerprint density at radius 2 is 1.85 bits per heavy atom. The molecule has 2 aromatic heterocycles. The van der Waals surface area contributed by atoms with Crippen LogP contribution < -0.4 is 5.32 Å². The number of alkyl halides is 3. The standard InChI is InChI=1S/C23H14ClF3N2O4/c24-17-8-7-13(10-16(17)23(25,26)27)28-21(30)12-33-22(31)15-11-19(20-6-3-9-32-20)29-18-5-2-1-4-14(15)18/h1-11H,12H2,(H,28,30). The lowest BCUT2D eigenvalue weighted by molar-refractivity contribution is -0.137. The molecule has 4 rings (SSSR count). The van der Waals surface area contributed by atoms with Crippen molar-refractivity contribution in [3.63, 3.8) is 0 Å². The lowest BCUT2D eigenvalue weighted by Crippen LogP contribution is -2.21. The van der Waals surface area contributed by atoms with Crippen molar-refractivity contribution in [1.29, 1.82) is 0 Å². The molecule has 0 saturated heterocycles. The van der Waals surface area contributed by atoms with Crippen LogP contribution in [0.25, 0.3) is 22.4 Å². The molecule has 0 bridgehead atoms. The molecule has 10 heteroatoms. The second-order valence-electron chi connectivity index (χ2n) is 6.87. The van der Waals surface area contributed by atoms with Crippen LogP contribution in [0, 0.1) is 0 Å². The molecule has 2 heterocycles. The van der Waals surface area contributed by atoms with Gasteiger partial charge in [-0.15, -0.1) is 0 Å². The summed E-state index contributed by atoms with van der Waals surface area (Å²) in [4.78, 5) is 29.4. The van der Waals surface area contributed by atoms with E-state index in [1.54, 1.807) is 36.4 Å². The summed E-state index contributed by atoms with van der Waals surface area (Å²) < 4.78 is 49.4. The van der Waals surface area contributed by atoms with E-state index < -0.39 is 35.2 Å². The molecule has 0 fully saturated rings. The number of carbonyl (C=O) groups is 2. The van der Waals surface area contributed by atoms with Crippen LogP contribution in [0.15, 0.2) is 71.3 Å². The molecular formula is C23H14ClF3N2O4. The molecule has 0 radical (unpaired) electrons. The summed E-state index contributed by atoms with van der Waals surface area (Å²) in [6.45, 7) is -0.713. The van der Waals surface area contributed by atoms with E-state index in [1.807, 2.05) is 0 Å². The highest BCUT2D eigenvalue weighted by Gasteiger charge is 2.33. The van der Waals surface area contributed by atoms with Crippen molar-refractivity contribution in [2.75, 3.05) is 11.9 Å². The third-order valence-corrected chi connectivity index (χ3v) is 4.93. The van der Waals surface area contributed by atoms with Crippen LogP contribution >= 0.6 is 11.6 Å². The summed E-state index contributed by atoms with van der Waals surface area (Å²) in [5.74, 6) is -1.18. The van der Waals surface area contributed by atoms with Gasteiger partial charge in [0.05, 0.1) is 27.9 Å². The number of fused-ring (bicyclic) bond motifs is 1. The Kier molecular flexibility index (Phi) is 6.06. The summed E-state index contributed by atoms with van der Waals surface area (Å²) in [6, 6.07) is 14.6. The van der Waals surface area contributed by atoms with E-state index in [1.165, 1.54) is 18.4 Å². The van der Waals surface area contributed by atoms with Crippen LogP contribution in [-0.2, 0) is 15.7 Å².